The van der Waals surface area contributed by atoms with Crippen molar-refractivity contribution in [2.75, 3.05) is 36.8 Å². The highest BCUT2D eigenvalue weighted by molar-refractivity contribution is 6.35. The molecule has 2 heterocycles. The van der Waals surface area contributed by atoms with E-state index in [2.05, 4.69) is 29.0 Å². The van der Waals surface area contributed by atoms with Crippen LogP contribution in [0.5, 0.6) is 0 Å². The molecule has 0 bridgehead atoms. The van der Waals surface area contributed by atoms with Crippen molar-refractivity contribution in [3.05, 3.63) is 81.9 Å². The van der Waals surface area contributed by atoms with E-state index in [1.807, 2.05) is 26.0 Å². The zero-order valence-corrected chi connectivity index (χ0v) is 21.8. The minimum absolute atomic E-state index is 0.155. The normalized spacial score (nSPS) is 14.1. The summed E-state index contributed by atoms with van der Waals surface area (Å²) in [7, 11) is 0. The molecule has 1 aliphatic heterocycles. The van der Waals surface area contributed by atoms with Gasteiger partial charge in [-0.15, -0.1) is 0 Å². The fraction of sp³-hybridized carbons (Fsp3) is 0.310. The first-order valence-electron chi connectivity index (χ1n) is 12.6. The summed E-state index contributed by atoms with van der Waals surface area (Å²) in [6, 6.07) is 11.7. The van der Waals surface area contributed by atoms with E-state index < -0.39 is 5.82 Å². The second-order valence-corrected chi connectivity index (χ2v) is 9.30. The van der Waals surface area contributed by atoms with Gasteiger partial charge in [-0.1, -0.05) is 26.0 Å². The zero-order chi connectivity index (χ0) is 26.7. The van der Waals surface area contributed by atoms with E-state index in [0.29, 0.717) is 52.6 Å². The number of nitrogens with one attached hydrogen (secondary N) is 2. The third-order valence-electron chi connectivity index (χ3n) is 6.94. The smallest absolute Gasteiger partial charge is 0.259 e. The minimum Gasteiger partial charge on any atom is -0.399 e. The Morgan fingerprint density at radius 3 is 2.51 bits per heavy atom. The van der Waals surface area contributed by atoms with Crippen molar-refractivity contribution < 1.29 is 14.0 Å². The number of rotatable bonds is 9. The summed E-state index contributed by atoms with van der Waals surface area (Å²) in [4.78, 5) is 33.7. The van der Waals surface area contributed by atoms with E-state index in [9.17, 15) is 14.0 Å². The standard InChI is InChI=1S/C29H34FN5O2/c1-5-34(6-2)14-13-32-28(36)27-18(3)25(33-19(27)4)16-24-23-15-21(30)9-12-26(23)35(29(24)37)17-20-7-10-22(31)11-8-20/h7-12,15-16,33H,5-6,13-14,17,31H2,1-4H3,(H,32,36)/b24-16-. The van der Waals surface area contributed by atoms with E-state index in [4.69, 9.17) is 5.73 Å². The largest absolute Gasteiger partial charge is 0.399 e. The van der Waals surface area contributed by atoms with Crippen LogP contribution in [0.15, 0.2) is 42.5 Å². The van der Waals surface area contributed by atoms with Crippen LogP contribution in [-0.4, -0.2) is 47.9 Å². The SMILES string of the molecule is CCN(CC)CCNC(=O)c1c(C)[nH]c(/C=C2\C(=O)N(Cc3ccc(N)cc3)c3ccc(F)cc32)c1C. The average Bonchev–Trinajstić information content (AvgIpc) is 3.30. The van der Waals surface area contributed by atoms with E-state index in [0.717, 1.165) is 30.8 Å². The van der Waals surface area contributed by atoms with Crippen molar-refractivity contribution in [2.24, 2.45) is 0 Å². The molecule has 0 spiro atoms. The molecule has 8 heteroatoms. The Morgan fingerprint density at radius 1 is 1.14 bits per heavy atom. The molecule has 0 aliphatic carbocycles. The van der Waals surface area contributed by atoms with Crippen LogP contribution >= 0.6 is 0 Å². The third-order valence-corrected chi connectivity index (χ3v) is 6.94. The monoisotopic (exact) mass is 503 g/mol. The average molecular weight is 504 g/mol. The lowest BCUT2D eigenvalue weighted by atomic mass is 10.0. The van der Waals surface area contributed by atoms with Gasteiger partial charge in [0, 0.05) is 35.7 Å². The topological polar surface area (TPSA) is 94.5 Å². The van der Waals surface area contributed by atoms with Gasteiger partial charge < -0.3 is 25.8 Å². The van der Waals surface area contributed by atoms with Gasteiger partial charge in [0.1, 0.15) is 5.82 Å². The Kier molecular flexibility index (Phi) is 7.78. The van der Waals surface area contributed by atoms with Gasteiger partial charge in [-0.05, 0) is 74.5 Å². The van der Waals surface area contributed by atoms with Crippen molar-refractivity contribution in [3.8, 4) is 0 Å². The molecule has 194 valence electrons. The van der Waals surface area contributed by atoms with E-state index in [1.54, 1.807) is 29.2 Å². The molecule has 2 amide bonds. The number of aromatic nitrogens is 1. The molecule has 1 aliphatic rings. The minimum atomic E-state index is -0.417. The first-order chi connectivity index (χ1) is 17.7. The lowest BCUT2D eigenvalue weighted by Crippen LogP contribution is -2.35. The zero-order valence-electron chi connectivity index (χ0n) is 21.8. The number of benzene rings is 2. The van der Waals surface area contributed by atoms with E-state index >= 15 is 0 Å². The van der Waals surface area contributed by atoms with Gasteiger partial charge in [0.2, 0.25) is 0 Å². The number of hydrogen-bond donors (Lipinski definition) is 3. The number of likely N-dealkylation sites (N-methyl/N-ethyl adjacent to an activating group) is 1. The fourth-order valence-electron chi connectivity index (χ4n) is 4.79. The molecular formula is C29H34FN5O2. The second-order valence-electron chi connectivity index (χ2n) is 9.30. The summed E-state index contributed by atoms with van der Waals surface area (Å²) in [6.45, 7) is 11.4. The number of nitrogen functional groups attached to an aromatic ring is 1. The highest BCUT2D eigenvalue weighted by Gasteiger charge is 2.33. The number of fused-ring (bicyclic) bond motifs is 1. The first-order valence-corrected chi connectivity index (χ1v) is 12.6. The van der Waals surface area contributed by atoms with Crippen LogP contribution in [0.1, 0.15) is 52.3 Å². The molecule has 3 aromatic rings. The van der Waals surface area contributed by atoms with Crippen molar-refractivity contribution in [1.29, 1.82) is 0 Å². The lowest BCUT2D eigenvalue weighted by molar-refractivity contribution is -0.113. The Morgan fingerprint density at radius 2 is 1.84 bits per heavy atom. The molecule has 4 N–H and O–H groups in total. The molecule has 0 saturated carbocycles. The number of halogens is 1. The fourth-order valence-corrected chi connectivity index (χ4v) is 4.79. The Labute approximate surface area is 217 Å². The third kappa shape index (κ3) is 5.44. The summed E-state index contributed by atoms with van der Waals surface area (Å²) in [5.41, 5.74) is 11.6. The van der Waals surface area contributed by atoms with Gasteiger partial charge in [-0.25, -0.2) is 4.39 Å². The van der Waals surface area contributed by atoms with Crippen molar-refractivity contribution in [2.45, 2.75) is 34.2 Å². The maximum Gasteiger partial charge on any atom is 0.259 e. The molecule has 0 fully saturated rings. The number of H-pyrrole nitrogens is 1. The number of nitrogens with zero attached hydrogens (tertiary/aromatic N) is 2. The number of carbonyl (C=O) groups excluding carboxylic acids is 2. The number of nitrogens with two attached hydrogens (primary N) is 1. The lowest BCUT2D eigenvalue weighted by Gasteiger charge is -2.18. The predicted octanol–water partition coefficient (Wildman–Crippen LogP) is 4.51. The molecule has 0 radical (unpaired) electrons. The Hall–Kier alpha value is -3.91. The quantitative estimate of drug-likeness (QED) is 0.296. The first kappa shape index (κ1) is 26.2. The summed E-state index contributed by atoms with van der Waals surface area (Å²) < 4.78 is 14.2. The summed E-state index contributed by atoms with van der Waals surface area (Å²) in [6.07, 6.45) is 1.72. The number of carbonyl (C=O) groups is 2. The van der Waals surface area contributed by atoms with Crippen LogP contribution in [0.4, 0.5) is 15.8 Å². The van der Waals surface area contributed by atoms with Crippen LogP contribution in [0.3, 0.4) is 0 Å². The molecule has 37 heavy (non-hydrogen) atoms. The van der Waals surface area contributed by atoms with Crippen molar-refractivity contribution in [3.63, 3.8) is 0 Å². The number of amides is 2. The summed E-state index contributed by atoms with van der Waals surface area (Å²) in [5, 5.41) is 3.00. The molecule has 7 nitrogen and oxygen atoms in total. The second kappa shape index (κ2) is 11.0. The number of aromatic amines is 1. The summed E-state index contributed by atoms with van der Waals surface area (Å²) >= 11 is 0. The van der Waals surface area contributed by atoms with Gasteiger partial charge >= 0.3 is 0 Å². The highest BCUT2D eigenvalue weighted by Crippen LogP contribution is 2.39. The van der Waals surface area contributed by atoms with Gasteiger partial charge in [0.15, 0.2) is 0 Å². The molecule has 4 rings (SSSR count). The molecule has 0 unspecified atom stereocenters. The van der Waals surface area contributed by atoms with Crippen LogP contribution in [0, 0.1) is 19.7 Å². The molecule has 2 aromatic carbocycles. The van der Waals surface area contributed by atoms with Crippen LogP contribution < -0.4 is 16.0 Å². The predicted molar refractivity (Wildman–Crippen MR) is 147 cm³/mol. The van der Waals surface area contributed by atoms with Gasteiger partial charge in [-0.2, -0.15) is 0 Å². The molecule has 0 atom stereocenters. The van der Waals surface area contributed by atoms with Crippen molar-refractivity contribution >= 4 is 34.8 Å². The van der Waals surface area contributed by atoms with E-state index in [-0.39, 0.29) is 11.8 Å². The molecular weight excluding hydrogens is 469 g/mol. The Balaban J connectivity index is 1.63. The highest BCUT2D eigenvalue weighted by atomic mass is 19.1. The van der Waals surface area contributed by atoms with Gasteiger partial charge in [0.25, 0.3) is 11.8 Å². The van der Waals surface area contributed by atoms with Gasteiger partial charge in [-0.3, -0.25) is 9.59 Å². The maximum absolute atomic E-state index is 14.2. The molecule has 1 aromatic heterocycles. The summed E-state index contributed by atoms with van der Waals surface area (Å²) in [5.74, 6) is -0.800. The number of anilines is 2. The van der Waals surface area contributed by atoms with Crippen LogP contribution in [0.2, 0.25) is 0 Å². The van der Waals surface area contributed by atoms with Crippen molar-refractivity contribution in [1.82, 2.24) is 15.2 Å². The van der Waals surface area contributed by atoms with Crippen LogP contribution in [-0.2, 0) is 11.3 Å². The number of hydrogen-bond acceptors (Lipinski definition) is 4. The van der Waals surface area contributed by atoms with Crippen LogP contribution in [0.25, 0.3) is 11.6 Å². The molecule has 0 saturated heterocycles. The Bertz CT molecular complexity index is 1340. The number of aryl methyl sites for hydroxylation is 1. The maximum atomic E-state index is 14.2. The van der Waals surface area contributed by atoms with Gasteiger partial charge in [0.05, 0.1) is 23.4 Å². The van der Waals surface area contributed by atoms with E-state index in [1.165, 1.54) is 12.1 Å².